The molecule has 0 aromatic heterocycles. The van der Waals surface area contributed by atoms with Gasteiger partial charge in [-0.3, -0.25) is 4.99 Å². The molecule has 0 aromatic rings. The Morgan fingerprint density at radius 3 is 2.50 bits per heavy atom. The molecule has 0 spiro atoms. The molecule has 8 heteroatoms. The van der Waals surface area contributed by atoms with Crippen molar-refractivity contribution >= 4 is 40.0 Å². The first-order valence-corrected chi connectivity index (χ1v) is 7.58. The predicted molar refractivity (Wildman–Crippen MR) is 85.0 cm³/mol. The van der Waals surface area contributed by atoms with Gasteiger partial charge in [-0.1, -0.05) is 6.42 Å². The lowest BCUT2D eigenvalue weighted by molar-refractivity contribution is 0.316. The number of sulfonamides is 1. The maximum atomic E-state index is 11.6. The Hall–Kier alpha value is -0.0900. The normalized spacial score (nSPS) is 16.7. The van der Waals surface area contributed by atoms with Gasteiger partial charge in [0.05, 0.1) is 5.75 Å². The topological polar surface area (TPSA) is 82.6 Å². The van der Waals surface area contributed by atoms with Crippen LogP contribution in [0, 0.1) is 5.92 Å². The molecule has 0 heterocycles. The highest BCUT2D eigenvalue weighted by Crippen LogP contribution is 2.25. The van der Waals surface area contributed by atoms with Crippen molar-refractivity contribution in [3.63, 3.8) is 0 Å². The van der Waals surface area contributed by atoms with Crippen molar-refractivity contribution in [2.24, 2.45) is 10.9 Å². The number of halogens is 1. The van der Waals surface area contributed by atoms with Crippen LogP contribution in [0.2, 0.25) is 0 Å². The van der Waals surface area contributed by atoms with Gasteiger partial charge in [-0.05, 0) is 18.8 Å². The fourth-order valence-electron chi connectivity index (χ4n) is 1.60. The van der Waals surface area contributed by atoms with E-state index < -0.39 is 10.0 Å². The summed E-state index contributed by atoms with van der Waals surface area (Å²) in [4.78, 5) is 3.90. The summed E-state index contributed by atoms with van der Waals surface area (Å²) in [5.41, 5.74) is 0. The molecule has 0 aliphatic heterocycles. The molecule has 0 bridgehead atoms. The molecule has 0 saturated heterocycles. The zero-order chi connectivity index (χ0) is 12.7. The van der Waals surface area contributed by atoms with Crippen LogP contribution in [0.1, 0.15) is 19.3 Å². The summed E-state index contributed by atoms with van der Waals surface area (Å²) in [5.74, 6) is 1.21. The van der Waals surface area contributed by atoms with Gasteiger partial charge in [0.25, 0.3) is 0 Å². The number of hydrogen-bond acceptors (Lipinski definition) is 3. The summed E-state index contributed by atoms with van der Waals surface area (Å²) in [6.07, 6.45) is 3.52. The summed E-state index contributed by atoms with van der Waals surface area (Å²) in [6.45, 7) is 0.941. The molecule has 108 valence electrons. The van der Waals surface area contributed by atoms with Crippen molar-refractivity contribution < 1.29 is 8.42 Å². The van der Waals surface area contributed by atoms with Crippen molar-refractivity contribution in [3.8, 4) is 0 Å². The van der Waals surface area contributed by atoms with Crippen molar-refractivity contribution in [2.75, 3.05) is 32.9 Å². The van der Waals surface area contributed by atoms with Crippen LogP contribution in [0.5, 0.6) is 0 Å². The number of aliphatic imine (C=N–C) groups is 1. The van der Waals surface area contributed by atoms with E-state index in [0.717, 1.165) is 12.8 Å². The van der Waals surface area contributed by atoms with E-state index in [0.29, 0.717) is 25.0 Å². The van der Waals surface area contributed by atoms with E-state index >= 15 is 0 Å². The molecule has 0 amide bonds. The van der Waals surface area contributed by atoms with Crippen LogP contribution in [0.4, 0.5) is 0 Å². The Morgan fingerprint density at radius 1 is 1.39 bits per heavy atom. The second-order valence-corrected chi connectivity index (χ2v) is 6.14. The Kier molecular flexibility index (Phi) is 8.87. The number of nitrogens with one attached hydrogen (secondary N) is 3. The number of hydrogen-bond donors (Lipinski definition) is 3. The number of nitrogens with zero attached hydrogens (tertiary/aromatic N) is 1. The van der Waals surface area contributed by atoms with Gasteiger partial charge < -0.3 is 10.6 Å². The third-order valence-electron chi connectivity index (χ3n) is 2.94. The molecule has 1 aliphatic rings. The van der Waals surface area contributed by atoms with Crippen LogP contribution < -0.4 is 15.4 Å². The van der Waals surface area contributed by atoms with Crippen molar-refractivity contribution in [2.45, 2.75) is 19.3 Å². The smallest absolute Gasteiger partial charge is 0.213 e. The molecule has 18 heavy (non-hydrogen) atoms. The summed E-state index contributed by atoms with van der Waals surface area (Å²) < 4.78 is 25.9. The molecule has 1 fully saturated rings. The summed E-state index contributed by atoms with van der Waals surface area (Å²) in [6, 6.07) is 0. The molecule has 1 rings (SSSR count). The first-order chi connectivity index (χ1) is 8.07. The summed E-state index contributed by atoms with van der Waals surface area (Å²) in [5, 5.41) is 5.74. The molecule has 0 atom stereocenters. The molecule has 1 saturated carbocycles. The molecule has 0 unspecified atom stereocenters. The van der Waals surface area contributed by atoms with Gasteiger partial charge in [0.2, 0.25) is 10.0 Å². The fourth-order valence-corrected chi connectivity index (χ4v) is 2.60. The Bertz CT molecular complexity index is 355. The van der Waals surface area contributed by atoms with Crippen molar-refractivity contribution in [3.05, 3.63) is 0 Å². The molecule has 1 aliphatic carbocycles. The molecular weight excluding hydrogens is 367 g/mol. The first kappa shape index (κ1) is 17.9. The van der Waals surface area contributed by atoms with E-state index in [4.69, 9.17) is 0 Å². The van der Waals surface area contributed by atoms with Gasteiger partial charge in [0.1, 0.15) is 0 Å². The van der Waals surface area contributed by atoms with Crippen molar-refractivity contribution in [1.29, 1.82) is 0 Å². The van der Waals surface area contributed by atoms with Gasteiger partial charge in [-0.15, -0.1) is 24.0 Å². The third kappa shape index (κ3) is 6.74. The van der Waals surface area contributed by atoms with Gasteiger partial charge in [0.15, 0.2) is 5.96 Å². The molecule has 0 aromatic carbocycles. The summed E-state index contributed by atoms with van der Waals surface area (Å²) >= 11 is 0. The Morgan fingerprint density at radius 2 is 2.06 bits per heavy atom. The quantitative estimate of drug-likeness (QED) is 0.342. The molecular formula is C10H23IN4O2S. The van der Waals surface area contributed by atoms with E-state index in [9.17, 15) is 8.42 Å². The average molecular weight is 390 g/mol. The maximum absolute atomic E-state index is 11.6. The molecule has 6 nitrogen and oxygen atoms in total. The third-order valence-corrected chi connectivity index (χ3v) is 4.29. The van der Waals surface area contributed by atoms with Gasteiger partial charge >= 0.3 is 0 Å². The second kappa shape index (κ2) is 8.92. The molecule has 0 radical (unpaired) electrons. The van der Waals surface area contributed by atoms with Crippen LogP contribution >= 0.6 is 24.0 Å². The highest BCUT2D eigenvalue weighted by molar-refractivity contribution is 14.0. The van der Waals surface area contributed by atoms with Crippen molar-refractivity contribution in [1.82, 2.24) is 15.4 Å². The zero-order valence-electron chi connectivity index (χ0n) is 10.9. The SMILES string of the molecule is CN=C(NC)NCCS(=O)(=O)NCC1CCC1.I. The minimum Gasteiger partial charge on any atom is -0.359 e. The summed E-state index contributed by atoms with van der Waals surface area (Å²) in [7, 11) is 0.216. The van der Waals surface area contributed by atoms with Gasteiger partial charge in [-0.25, -0.2) is 13.1 Å². The maximum Gasteiger partial charge on any atom is 0.213 e. The zero-order valence-corrected chi connectivity index (χ0v) is 14.0. The molecule has 3 N–H and O–H groups in total. The van der Waals surface area contributed by atoms with E-state index in [1.165, 1.54) is 6.42 Å². The van der Waals surface area contributed by atoms with Gasteiger partial charge in [-0.2, -0.15) is 0 Å². The fraction of sp³-hybridized carbons (Fsp3) is 0.900. The predicted octanol–water partition coefficient (Wildman–Crippen LogP) is 0.119. The average Bonchev–Trinajstić information content (AvgIpc) is 2.22. The van der Waals surface area contributed by atoms with E-state index in [2.05, 4.69) is 20.3 Å². The van der Waals surface area contributed by atoms with Crippen LogP contribution in [0.3, 0.4) is 0 Å². The minimum atomic E-state index is -3.16. The minimum absolute atomic E-state index is 0. The monoisotopic (exact) mass is 390 g/mol. The highest BCUT2D eigenvalue weighted by atomic mass is 127. The van der Waals surface area contributed by atoms with E-state index in [-0.39, 0.29) is 29.7 Å². The lowest BCUT2D eigenvalue weighted by Gasteiger charge is -2.25. The number of guanidine groups is 1. The second-order valence-electron chi connectivity index (χ2n) is 4.21. The number of rotatable bonds is 6. The van der Waals surface area contributed by atoms with Crippen LogP contribution in [-0.2, 0) is 10.0 Å². The standard InChI is InChI=1S/C10H22N4O2S.HI/c1-11-10(12-2)13-6-7-17(15,16)14-8-9-4-3-5-9;/h9,14H,3-8H2,1-2H3,(H2,11,12,13);1H. The lowest BCUT2D eigenvalue weighted by Crippen LogP contribution is -2.40. The van der Waals surface area contributed by atoms with E-state index in [1.807, 2.05) is 0 Å². The van der Waals surface area contributed by atoms with E-state index in [1.54, 1.807) is 14.1 Å². The van der Waals surface area contributed by atoms with Crippen LogP contribution in [-0.4, -0.2) is 47.3 Å². The highest BCUT2D eigenvalue weighted by Gasteiger charge is 2.19. The van der Waals surface area contributed by atoms with Crippen LogP contribution in [0.15, 0.2) is 4.99 Å². The first-order valence-electron chi connectivity index (χ1n) is 5.93. The Labute approximate surface area is 126 Å². The Balaban J connectivity index is 0.00000289. The largest absolute Gasteiger partial charge is 0.359 e. The lowest BCUT2D eigenvalue weighted by atomic mass is 9.86. The van der Waals surface area contributed by atoms with Gasteiger partial charge in [0, 0.05) is 27.2 Å². The van der Waals surface area contributed by atoms with Crippen LogP contribution in [0.25, 0.3) is 0 Å².